The Morgan fingerprint density at radius 3 is 2.67 bits per heavy atom. The summed E-state index contributed by atoms with van der Waals surface area (Å²) < 4.78 is 0. The van der Waals surface area contributed by atoms with Crippen molar-refractivity contribution in [2.45, 2.75) is 32.7 Å². The average molecular weight is 257 g/mol. The summed E-state index contributed by atoms with van der Waals surface area (Å²) in [6.45, 7) is 7.76. The van der Waals surface area contributed by atoms with Crippen LogP contribution in [-0.2, 0) is 0 Å². The van der Waals surface area contributed by atoms with Gasteiger partial charge in [0.25, 0.3) is 0 Å². The molecule has 1 atom stereocenters. The summed E-state index contributed by atoms with van der Waals surface area (Å²) in [5, 5.41) is 11.7. The van der Waals surface area contributed by atoms with E-state index in [1.807, 2.05) is 0 Å². The zero-order valence-electron chi connectivity index (χ0n) is 11.9. The van der Waals surface area contributed by atoms with Crippen molar-refractivity contribution in [1.82, 2.24) is 15.1 Å². The second kappa shape index (κ2) is 7.59. The lowest BCUT2D eigenvalue weighted by Crippen LogP contribution is -2.48. The van der Waals surface area contributed by atoms with Crippen LogP contribution < -0.4 is 5.32 Å². The van der Waals surface area contributed by atoms with Gasteiger partial charge in [0.1, 0.15) is 0 Å². The van der Waals surface area contributed by atoms with Crippen LogP contribution >= 0.6 is 0 Å². The minimum atomic E-state index is -0.110. The second-order valence-electron chi connectivity index (χ2n) is 5.40. The number of nitrogens with zero attached hydrogens (tertiary/aromatic N) is 2. The van der Waals surface area contributed by atoms with Crippen molar-refractivity contribution in [1.29, 1.82) is 0 Å². The fourth-order valence-corrected chi connectivity index (χ4v) is 2.22. The van der Waals surface area contributed by atoms with E-state index >= 15 is 0 Å². The first kappa shape index (κ1) is 15.2. The molecule has 1 unspecified atom stereocenters. The molecule has 1 fully saturated rings. The van der Waals surface area contributed by atoms with E-state index in [1.54, 1.807) is 7.05 Å². The van der Waals surface area contributed by atoms with Gasteiger partial charge in [0.05, 0.1) is 6.61 Å². The van der Waals surface area contributed by atoms with Gasteiger partial charge in [0.2, 0.25) is 0 Å². The number of aliphatic hydroxyl groups excluding tert-OH is 1. The number of likely N-dealkylation sites (N-methyl/N-ethyl adjacent to an activating group) is 1. The summed E-state index contributed by atoms with van der Waals surface area (Å²) in [5.74, 6) is 0.832. The van der Waals surface area contributed by atoms with Crippen molar-refractivity contribution in [3.05, 3.63) is 0 Å². The van der Waals surface area contributed by atoms with Crippen molar-refractivity contribution in [3.63, 3.8) is 0 Å². The van der Waals surface area contributed by atoms with Gasteiger partial charge >= 0.3 is 6.03 Å². The summed E-state index contributed by atoms with van der Waals surface area (Å²) in [6.07, 6.45) is 2.51. The lowest BCUT2D eigenvalue weighted by Gasteiger charge is -2.35. The van der Waals surface area contributed by atoms with Crippen molar-refractivity contribution in [3.8, 4) is 0 Å². The third kappa shape index (κ3) is 4.82. The topological polar surface area (TPSA) is 55.8 Å². The largest absolute Gasteiger partial charge is 0.395 e. The highest BCUT2D eigenvalue weighted by atomic mass is 16.3. The zero-order valence-corrected chi connectivity index (χ0v) is 11.9. The maximum absolute atomic E-state index is 11.7. The molecular formula is C13H27N3O2. The predicted molar refractivity (Wildman–Crippen MR) is 72.5 cm³/mol. The van der Waals surface area contributed by atoms with Crippen LogP contribution in [0.5, 0.6) is 0 Å². The van der Waals surface area contributed by atoms with Crippen molar-refractivity contribution >= 4 is 6.03 Å². The van der Waals surface area contributed by atoms with Gasteiger partial charge in [-0.25, -0.2) is 4.79 Å². The van der Waals surface area contributed by atoms with Gasteiger partial charge in [-0.05, 0) is 38.8 Å². The number of rotatable bonds is 5. The molecule has 18 heavy (non-hydrogen) atoms. The quantitative estimate of drug-likeness (QED) is 0.764. The first-order chi connectivity index (χ1) is 8.54. The molecule has 0 aromatic heterocycles. The Labute approximate surface area is 110 Å². The maximum atomic E-state index is 11.7. The summed E-state index contributed by atoms with van der Waals surface area (Å²) in [5.41, 5.74) is 0. The van der Waals surface area contributed by atoms with E-state index in [1.165, 1.54) is 17.7 Å². The smallest absolute Gasteiger partial charge is 0.317 e. The molecule has 0 aliphatic carbocycles. The van der Waals surface area contributed by atoms with Gasteiger partial charge in [0, 0.05) is 26.2 Å². The molecule has 1 rings (SSSR count). The van der Waals surface area contributed by atoms with E-state index < -0.39 is 0 Å². The molecule has 1 aliphatic heterocycles. The van der Waals surface area contributed by atoms with Gasteiger partial charge in [0.15, 0.2) is 0 Å². The van der Waals surface area contributed by atoms with Gasteiger partial charge in [-0.2, -0.15) is 0 Å². The fourth-order valence-electron chi connectivity index (χ4n) is 2.22. The molecule has 1 aliphatic rings. The molecule has 2 amide bonds. The third-order valence-corrected chi connectivity index (χ3v) is 3.77. The molecule has 0 aromatic carbocycles. The summed E-state index contributed by atoms with van der Waals surface area (Å²) in [6, 6.07) is 0.269. The summed E-state index contributed by atoms with van der Waals surface area (Å²) in [7, 11) is 1.69. The zero-order chi connectivity index (χ0) is 13.5. The third-order valence-electron chi connectivity index (χ3n) is 3.77. The minimum Gasteiger partial charge on any atom is -0.395 e. The van der Waals surface area contributed by atoms with Crippen LogP contribution in [0.2, 0.25) is 0 Å². The normalized spacial score (nSPS) is 19.6. The molecule has 5 heteroatoms. The molecule has 1 saturated heterocycles. The van der Waals surface area contributed by atoms with E-state index in [-0.39, 0.29) is 12.6 Å². The number of piperidine rings is 1. The number of amides is 2. The van der Waals surface area contributed by atoms with Crippen LogP contribution in [0.3, 0.4) is 0 Å². The molecule has 5 nitrogen and oxygen atoms in total. The number of hydrogen-bond donors (Lipinski definition) is 2. The van der Waals surface area contributed by atoms with Gasteiger partial charge < -0.3 is 15.3 Å². The lowest BCUT2D eigenvalue weighted by molar-refractivity contribution is 0.141. The molecule has 2 N–H and O–H groups in total. The molecule has 0 saturated carbocycles. The SMILES string of the molecule is CC1CCN(C(C)CNC(=O)N(C)CCO)CC1. The maximum Gasteiger partial charge on any atom is 0.317 e. The predicted octanol–water partition coefficient (Wildman–Crippen LogP) is 0.740. The summed E-state index contributed by atoms with van der Waals surface area (Å²) >= 11 is 0. The van der Waals surface area contributed by atoms with Crippen LogP contribution in [0.15, 0.2) is 0 Å². The van der Waals surface area contributed by atoms with Crippen LogP contribution in [0.4, 0.5) is 4.79 Å². The Bertz CT molecular complexity index is 253. The van der Waals surface area contributed by atoms with Crippen LogP contribution in [0, 0.1) is 5.92 Å². The average Bonchev–Trinajstić information content (AvgIpc) is 2.36. The monoisotopic (exact) mass is 257 g/mol. The Balaban J connectivity index is 2.24. The highest BCUT2D eigenvalue weighted by molar-refractivity contribution is 5.73. The molecular weight excluding hydrogens is 230 g/mol. The molecule has 106 valence electrons. The number of carbonyl (C=O) groups is 1. The fraction of sp³-hybridized carbons (Fsp3) is 0.923. The number of hydrogen-bond acceptors (Lipinski definition) is 3. The van der Waals surface area contributed by atoms with Gasteiger partial charge in [-0.1, -0.05) is 6.92 Å². The second-order valence-corrected chi connectivity index (χ2v) is 5.40. The molecule has 0 bridgehead atoms. The van der Waals surface area contributed by atoms with Gasteiger partial charge in [-0.3, -0.25) is 4.90 Å². The number of urea groups is 1. The number of carbonyl (C=O) groups excluding carboxylic acids is 1. The highest BCUT2D eigenvalue weighted by Gasteiger charge is 2.20. The van der Waals surface area contributed by atoms with Crippen LogP contribution in [0.25, 0.3) is 0 Å². The van der Waals surface area contributed by atoms with Crippen molar-refractivity contribution < 1.29 is 9.90 Å². The summed E-state index contributed by atoms with van der Waals surface area (Å²) in [4.78, 5) is 15.6. The first-order valence-corrected chi connectivity index (χ1v) is 6.88. The van der Waals surface area contributed by atoms with E-state index in [0.717, 1.165) is 19.0 Å². The Morgan fingerprint density at radius 1 is 1.50 bits per heavy atom. The molecule has 0 spiro atoms. The standard InChI is InChI=1S/C13H27N3O2/c1-11-4-6-16(7-5-11)12(2)10-14-13(18)15(3)8-9-17/h11-12,17H,4-10H2,1-3H3,(H,14,18). The van der Waals surface area contributed by atoms with E-state index in [9.17, 15) is 4.79 Å². The number of aliphatic hydroxyl groups is 1. The number of nitrogens with one attached hydrogen (secondary N) is 1. The van der Waals surface area contributed by atoms with E-state index in [4.69, 9.17) is 5.11 Å². The van der Waals surface area contributed by atoms with E-state index in [2.05, 4.69) is 24.1 Å². The van der Waals surface area contributed by atoms with E-state index in [0.29, 0.717) is 19.1 Å². The molecule has 1 heterocycles. The Morgan fingerprint density at radius 2 is 2.11 bits per heavy atom. The lowest BCUT2D eigenvalue weighted by atomic mass is 9.98. The van der Waals surface area contributed by atoms with Crippen molar-refractivity contribution in [2.75, 3.05) is 39.8 Å². The Kier molecular flexibility index (Phi) is 6.43. The molecule has 0 aromatic rings. The van der Waals surface area contributed by atoms with Crippen LogP contribution in [0.1, 0.15) is 26.7 Å². The van der Waals surface area contributed by atoms with Gasteiger partial charge in [-0.15, -0.1) is 0 Å². The minimum absolute atomic E-state index is 0.00346. The Hall–Kier alpha value is -0.810. The first-order valence-electron chi connectivity index (χ1n) is 6.88. The van der Waals surface area contributed by atoms with Crippen molar-refractivity contribution in [2.24, 2.45) is 5.92 Å². The molecule has 0 radical (unpaired) electrons. The number of likely N-dealkylation sites (tertiary alicyclic amines) is 1. The van der Waals surface area contributed by atoms with Crippen LogP contribution in [-0.4, -0.2) is 66.8 Å². The highest BCUT2D eigenvalue weighted by Crippen LogP contribution is 2.17.